The SMILES string of the molecule is C=CCN(CCCC)C(=O)C1N([C@@H](CO)C(C)C)C(=O)[C@@H]2[C@@H](C(=O)N(CC=C)CCC)[C@@]3(C)CCC12S3. The van der Waals surface area contributed by atoms with Crippen molar-refractivity contribution in [2.75, 3.05) is 32.8 Å². The van der Waals surface area contributed by atoms with Crippen molar-refractivity contribution in [2.45, 2.75) is 88.3 Å². The molecule has 0 radical (unpaired) electrons. The molecule has 7 nitrogen and oxygen atoms in total. The number of hydrogen-bond acceptors (Lipinski definition) is 5. The molecule has 0 saturated carbocycles. The van der Waals surface area contributed by atoms with E-state index in [9.17, 15) is 19.5 Å². The Labute approximate surface area is 227 Å². The van der Waals surface area contributed by atoms with Crippen molar-refractivity contribution in [3.05, 3.63) is 25.3 Å². The molecule has 37 heavy (non-hydrogen) atoms. The van der Waals surface area contributed by atoms with Crippen molar-refractivity contribution < 1.29 is 19.5 Å². The number of carbonyl (C=O) groups is 3. The molecule has 6 atom stereocenters. The summed E-state index contributed by atoms with van der Waals surface area (Å²) in [5.41, 5.74) is 0. The minimum Gasteiger partial charge on any atom is -0.394 e. The number of thioether (sulfide) groups is 1. The van der Waals surface area contributed by atoms with Crippen molar-refractivity contribution in [3.8, 4) is 0 Å². The van der Waals surface area contributed by atoms with Crippen LogP contribution in [0.25, 0.3) is 0 Å². The standard InChI is InChI=1S/C29H47N3O4S/c1-8-12-18-31(17-11-4)27(36)24-29-14-13-28(7,37-29)22(25(34)30(15-9-2)16-10-3)23(29)26(35)32(24)21(19-33)20(5)6/h9,11,20-24,33H,2,4,8,10,12-19H2,1,3,5-7H3/t21-,22-,23-,24?,28+,29?/m0/s1. The number of likely N-dealkylation sites (tertiary alicyclic amines) is 1. The summed E-state index contributed by atoms with van der Waals surface area (Å²) in [7, 11) is 0. The van der Waals surface area contributed by atoms with Crippen LogP contribution in [0, 0.1) is 17.8 Å². The molecule has 1 spiro atoms. The Balaban J connectivity index is 2.13. The Hall–Kier alpha value is -1.80. The molecule has 1 N–H and O–H groups in total. The minimum absolute atomic E-state index is 0.0104. The summed E-state index contributed by atoms with van der Waals surface area (Å²) in [5, 5.41) is 10.4. The Morgan fingerprint density at radius 2 is 1.73 bits per heavy atom. The second-order valence-electron chi connectivity index (χ2n) is 11.5. The third kappa shape index (κ3) is 5.00. The van der Waals surface area contributed by atoms with Crippen LogP contribution in [0.2, 0.25) is 0 Å². The lowest BCUT2D eigenvalue weighted by Crippen LogP contribution is -2.58. The van der Waals surface area contributed by atoms with Crippen LogP contribution in [0.3, 0.4) is 0 Å². The average Bonchev–Trinajstić information content (AvgIpc) is 3.42. The topological polar surface area (TPSA) is 81.2 Å². The van der Waals surface area contributed by atoms with Gasteiger partial charge in [0.05, 0.1) is 29.2 Å². The van der Waals surface area contributed by atoms with Crippen LogP contribution < -0.4 is 0 Å². The number of aliphatic hydroxyl groups excluding tert-OH is 1. The van der Waals surface area contributed by atoms with Gasteiger partial charge in [0.25, 0.3) is 0 Å². The monoisotopic (exact) mass is 533 g/mol. The molecule has 2 unspecified atom stereocenters. The first-order chi connectivity index (χ1) is 17.6. The summed E-state index contributed by atoms with van der Waals surface area (Å²) in [6, 6.07) is -1.19. The molecule has 3 aliphatic heterocycles. The number of amides is 3. The molecule has 0 aromatic carbocycles. The van der Waals surface area contributed by atoms with Crippen LogP contribution in [0.5, 0.6) is 0 Å². The second kappa shape index (κ2) is 11.9. The van der Waals surface area contributed by atoms with Crippen LogP contribution >= 0.6 is 11.8 Å². The predicted molar refractivity (Wildman–Crippen MR) is 150 cm³/mol. The summed E-state index contributed by atoms with van der Waals surface area (Å²) >= 11 is 1.69. The van der Waals surface area contributed by atoms with Gasteiger partial charge in [-0.05, 0) is 38.5 Å². The summed E-state index contributed by atoms with van der Waals surface area (Å²) in [6.45, 7) is 19.7. The van der Waals surface area contributed by atoms with E-state index in [2.05, 4.69) is 27.0 Å². The maximum atomic E-state index is 14.4. The number of hydrogen-bond donors (Lipinski definition) is 1. The van der Waals surface area contributed by atoms with Gasteiger partial charge in [-0.1, -0.05) is 46.3 Å². The molecule has 2 bridgehead atoms. The molecule has 0 aromatic rings. The first-order valence-electron chi connectivity index (χ1n) is 14.0. The molecule has 0 aliphatic carbocycles. The zero-order chi connectivity index (χ0) is 27.5. The van der Waals surface area contributed by atoms with Crippen LogP contribution in [-0.4, -0.2) is 91.9 Å². The average molecular weight is 534 g/mol. The quantitative estimate of drug-likeness (QED) is 0.344. The number of fused-ring (bicyclic) bond motifs is 1. The van der Waals surface area contributed by atoms with Crippen molar-refractivity contribution in [1.29, 1.82) is 0 Å². The highest BCUT2D eigenvalue weighted by Crippen LogP contribution is 2.72. The van der Waals surface area contributed by atoms with Crippen LogP contribution in [-0.2, 0) is 14.4 Å². The molecule has 3 fully saturated rings. The lowest BCUT2D eigenvalue weighted by molar-refractivity contribution is -0.148. The maximum Gasteiger partial charge on any atom is 0.247 e. The molecule has 208 valence electrons. The second-order valence-corrected chi connectivity index (χ2v) is 13.4. The molecule has 0 aromatic heterocycles. The van der Waals surface area contributed by atoms with E-state index in [4.69, 9.17) is 0 Å². The van der Waals surface area contributed by atoms with Gasteiger partial charge in [-0.3, -0.25) is 14.4 Å². The van der Waals surface area contributed by atoms with Crippen LogP contribution in [0.4, 0.5) is 0 Å². The highest BCUT2D eigenvalue weighted by atomic mass is 32.2. The van der Waals surface area contributed by atoms with E-state index in [1.54, 1.807) is 28.8 Å². The van der Waals surface area contributed by atoms with E-state index in [0.717, 1.165) is 25.7 Å². The Morgan fingerprint density at radius 1 is 1.11 bits per heavy atom. The molecular weight excluding hydrogens is 486 g/mol. The summed E-state index contributed by atoms with van der Waals surface area (Å²) < 4.78 is -1.09. The molecular formula is C29H47N3O4S. The molecule has 3 amide bonds. The summed E-state index contributed by atoms with van der Waals surface area (Å²) in [4.78, 5) is 48.2. The fraction of sp³-hybridized carbons (Fsp3) is 0.759. The van der Waals surface area contributed by atoms with Gasteiger partial charge in [0.15, 0.2) is 0 Å². The summed E-state index contributed by atoms with van der Waals surface area (Å²) in [5.74, 6) is -1.35. The van der Waals surface area contributed by atoms with Crippen molar-refractivity contribution in [2.24, 2.45) is 17.8 Å². The van der Waals surface area contributed by atoms with Gasteiger partial charge in [0.2, 0.25) is 17.7 Å². The van der Waals surface area contributed by atoms with E-state index in [-0.39, 0.29) is 30.2 Å². The number of rotatable bonds is 14. The highest BCUT2D eigenvalue weighted by Gasteiger charge is 2.78. The van der Waals surface area contributed by atoms with E-state index >= 15 is 0 Å². The van der Waals surface area contributed by atoms with Crippen molar-refractivity contribution >= 4 is 29.5 Å². The first-order valence-corrected chi connectivity index (χ1v) is 14.8. The fourth-order valence-electron chi connectivity index (χ4n) is 6.88. The number of unbranched alkanes of at least 4 members (excludes halogenated alkanes) is 1. The van der Waals surface area contributed by atoms with Crippen molar-refractivity contribution in [3.63, 3.8) is 0 Å². The van der Waals surface area contributed by atoms with E-state index in [1.165, 1.54) is 0 Å². The number of nitrogens with zero attached hydrogens (tertiary/aromatic N) is 3. The molecule has 3 aliphatic rings. The summed E-state index contributed by atoms with van der Waals surface area (Å²) in [6.07, 6.45) is 7.61. The van der Waals surface area contributed by atoms with E-state index < -0.39 is 33.4 Å². The van der Waals surface area contributed by atoms with Crippen molar-refractivity contribution in [1.82, 2.24) is 14.7 Å². The molecule has 8 heteroatoms. The third-order valence-electron chi connectivity index (χ3n) is 8.63. The lowest BCUT2D eigenvalue weighted by Gasteiger charge is -2.40. The smallest absolute Gasteiger partial charge is 0.247 e. The zero-order valence-corrected chi connectivity index (χ0v) is 24.3. The highest BCUT2D eigenvalue weighted by molar-refractivity contribution is 8.02. The van der Waals surface area contributed by atoms with Gasteiger partial charge in [0, 0.05) is 30.9 Å². The minimum atomic E-state index is -0.704. The Kier molecular flexibility index (Phi) is 9.60. The largest absolute Gasteiger partial charge is 0.394 e. The predicted octanol–water partition coefficient (Wildman–Crippen LogP) is 3.72. The maximum absolute atomic E-state index is 14.4. The van der Waals surface area contributed by atoms with Crippen LogP contribution in [0.15, 0.2) is 25.3 Å². The fourth-order valence-corrected chi connectivity index (χ4v) is 9.21. The Bertz CT molecular complexity index is 894. The van der Waals surface area contributed by atoms with E-state index in [1.807, 2.05) is 30.6 Å². The molecule has 3 heterocycles. The van der Waals surface area contributed by atoms with Gasteiger partial charge in [-0.15, -0.1) is 24.9 Å². The number of aliphatic hydroxyl groups is 1. The van der Waals surface area contributed by atoms with Gasteiger partial charge >= 0.3 is 0 Å². The normalized spacial score (nSPS) is 30.9. The first kappa shape index (κ1) is 29.8. The van der Waals surface area contributed by atoms with Gasteiger partial charge in [-0.2, -0.15) is 0 Å². The van der Waals surface area contributed by atoms with Crippen LogP contribution in [0.1, 0.15) is 66.7 Å². The van der Waals surface area contributed by atoms with Gasteiger partial charge in [-0.25, -0.2) is 0 Å². The zero-order valence-electron chi connectivity index (χ0n) is 23.4. The molecule has 3 rings (SSSR count). The third-order valence-corrected chi connectivity index (χ3v) is 10.6. The van der Waals surface area contributed by atoms with Gasteiger partial charge < -0.3 is 19.8 Å². The molecule has 3 saturated heterocycles. The lowest BCUT2D eigenvalue weighted by atomic mass is 9.66. The van der Waals surface area contributed by atoms with E-state index in [0.29, 0.717) is 32.6 Å². The number of carbonyl (C=O) groups excluding carboxylic acids is 3. The Morgan fingerprint density at radius 3 is 2.24 bits per heavy atom. The van der Waals surface area contributed by atoms with Gasteiger partial charge in [0.1, 0.15) is 6.04 Å².